The van der Waals surface area contributed by atoms with Crippen LogP contribution < -0.4 is 10.6 Å². The first-order chi connectivity index (χ1) is 12.9. The van der Waals surface area contributed by atoms with Crippen LogP contribution in [0.3, 0.4) is 0 Å². The van der Waals surface area contributed by atoms with E-state index in [9.17, 15) is 14.9 Å². The van der Waals surface area contributed by atoms with Gasteiger partial charge in [0.2, 0.25) is 5.91 Å². The summed E-state index contributed by atoms with van der Waals surface area (Å²) in [5, 5.41) is 9.72. The number of aryl methyl sites for hydroxylation is 1. The van der Waals surface area contributed by atoms with Crippen LogP contribution in [-0.4, -0.2) is 17.1 Å². The molecule has 0 saturated carbocycles. The van der Waals surface area contributed by atoms with Crippen LogP contribution in [0.2, 0.25) is 5.02 Å². The zero-order chi connectivity index (χ0) is 19.6. The lowest BCUT2D eigenvalue weighted by molar-refractivity contribution is -0.117. The highest BCUT2D eigenvalue weighted by atomic mass is 35.5. The summed E-state index contributed by atoms with van der Waals surface area (Å²) in [4.78, 5) is 26.3. The Bertz CT molecular complexity index is 979. The summed E-state index contributed by atoms with van der Waals surface area (Å²) in [6, 6.07) is 16.3. The van der Waals surface area contributed by atoms with Gasteiger partial charge in [0, 0.05) is 10.7 Å². The molecule has 0 spiro atoms. The number of nitrogens with zero attached hydrogens (tertiary/aromatic N) is 2. The summed E-state index contributed by atoms with van der Waals surface area (Å²) in [6.07, 6.45) is 0.487. The summed E-state index contributed by atoms with van der Waals surface area (Å²) in [5.41, 5.74) is 7.80. The van der Waals surface area contributed by atoms with Gasteiger partial charge in [0.05, 0.1) is 5.25 Å². The molecule has 2 aromatic rings. The van der Waals surface area contributed by atoms with E-state index in [4.69, 9.17) is 17.3 Å². The van der Waals surface area contributed by atoms with Gasteiger partial charge in [0.15, 0.2) is 0 Å². The van der Waals surface area contributed by atoms with Gasteiger partial charge >= 0.3 is 0 Å². The Balaban J connectivity index is 2.05. The quantitative estimate of drug-likeness (QED) is 0.631. The van der Waals surface area contributed by atoms with Crippen LogP contribution in [0, 0.1) is 18.3 Å². The lowest BCUT2D eigenvalue weighted by Crippen LogP contribution is -2.31. The summed E-state index contributed by atoms with van der Waals surface area (Å²) in [5.74, 6) is -1.06. The van der Waals surface area contributed by atoms with Gasteiger partial charge in [-0.25, -0.2) is 0 Å². The minimum Gasteiger partial charge on any atom is -0.365 e. The SMILES string of the molecule is Cc1ccccc1C[C@@H]1S/C(=C(\C#N)C(N)=O)N(c2ccc(Cl)cc2)C1=O. The second kappa shape index (κ2) is 7.87. The molecule has 0 radical (unpaired) electrons. The van der Waals surface area contributed by atoms with Gasteiger partial charge in [-0.1, -0.05) is 47.6 Å². The number of hydrogen-bond acceptors (Lipinski definition) is 4. The van der Waals surface area contributed by atoms with Crippen LogP contribution in [0.1, 0.15) is 11.1 Å². The normalized spacial score (nSPS) is 18.3. The fourth-order valence-corrected chi connectivity index (χ4v) is 4.29. The number of carbonyl (C=O) groups is 2. The maximum Gasteiger partial charge on any atom is 0.262 e. The van der Waals surface area contributed by atoms with Crippen LogP contribution in [0.15, 0.2) is 59.1 Å². The molecule has 1 saturated heterocycles. The summed E-state index contributed by atoms with van der Waals surface area (Å²) >= 11 is 7.13. The van der Waals surface area contributed by atoms with Gasteiger partial charge in [0.25, 0.3) is 5.91 Å². The summed E-state index contributed by atoms with van der Waals surface area (Å²) in [7, 11) is 0. The molecule has 27 heavy (non-hydrogen) atoms. The Morgan fingerprint density at radius 3 is 2.52 bits per heavy atom. The van der Waals surface area contributed by atoms with Crippen molar-refractivity contribution in [2.24, 2.45) is 5.73 Å². The first-order valence-electron chi connectivity index (χ1n) is 8.17. The topological polar surface area (TPSA) is 87.2 Å². The lowest BCUT2D eigenvalue weighted by Gasteiger charge is -2.18. The van der Waals surface area contributed by atoms with E-state index < -0.39 is 11.2 Å². The highest BCUT2D eigenvalue weighted by molar-refractivity contribution is 8.05. The average Bonchev–Trinajstić information content (AvgIpc) is 2.94. The summed E-state index contributed by atoms with van der Waals surface area (Å²) in [6.45, 7) is 1.98. The number of nitriles is 1. The van der Waals surface area contributed by atoms with Gasteiger partial charge in [-0.3, -0.25) is 14.5 Å². The zero-order valence-corrected chi connectivity index (χ0v) is 16.1. The van der Waals surface area contributed by atoms with Gasteiger partial charge in [-0.2, -0.15) is 5.26 Å². The molecule has 1 heterocycles. The number of amides is 2. The highest BCUT2D eigenvalue weighted by Crippen LogP contribution is 2.42. The molecule has 0 aliphatic carbocycles. The van der Waals surface area contributed by atoms with Crippen LogP contribution in [-0.2, 0) is 16.0 Å². The molecule has 0 unspecified atom stereocenters. The van der Waals surface area contributed by atoms with Crippen molar-refractivity contribution in [3.63, 3.8) is 0 Å². The molecule has 1 aliphatic rings. The van der Waals surface area contributed by atoms with Gasteiger partial charge in [0.1, 0.15) is 16.7 Å². The van der Waals surface area contributed by atoms with Gasteiger partial charge in [-0.05, 0) is 48.7 Å². The number of hydrogen-bond donors (Lipinski definition) is 1. The van der Waals surface area contributed by atoms with Crippen molar-refractivity contribution in [1.29, 1.82) is 5.26 Å². The van der Waals surface area contributed by atoms with Crippen molar-refractivity contribution in [2.45, 2.75) is 18.6 Å². The Hall–Kier alpha value is -2.75. The fraction of sp³-hybridized carbons (Fsp3) is 0.150. The van der Waals surface area contributed by atoms with E-state index in [1.54, 1.807) is 24.3 Å². The van der Waals surface area contributed by atoms with E-state index in [-0.39, 0.29) is 16.5 Å². The molecule has 5 nitrogen and oxygen atoms in total. The average molecular weight is 398 g/mol. The van der Waals surface area contributed by atoms with E-state index in [2.05, 4.69) is 0 Å². The molecule has 1 atom stereocenters. The van der Waals surface area contributed by atoms with Crippen molar-refractivity contribution in [3.8, 4) is 6.07 Å². The third-order valence-electron chi connectivity index (χ3n) is 4.28. The van der Waals surface area contributed by atoms with E-state index in [1.165, 1.54) is 16.7 Å². The van der Waals surface area contributed by atoms with Crippen LogP contribution in [0.4, 0.5) is 5.69 Å². The van der Waals surface area contributed by atoms with Crippen LogP contribution >= 0.6 is 23.4 Å². The standard InChI is InChI=1S/C20H16ClN3O2S/c1-12-4-2-3-5-13(12)10-17-19(26)24(15-8-6-14(21)7-9-15)20(27-17)16(11-22)18(23)25/h2-9,17H,10H2,1H3,(H2,23,25)/b20-16+/t17-/m0/s1. The molecule has 2 N–H and O–H groups in total. The lowest BCUT2D eigenvalue weighted by atomic mass is 10.0. The van der Waals surface area contributed by atoms with Crippen LogP contribution in [0.5, 0.6) is 0 Å². The zero-order valence-electron chi connectivity index (χ0n) is 14.5. The molecule has 7 heteroatoms. The Kier molecular flexibility index (Phi) is 5.54. The third-order valence-corrected chi connectivity index (χ3v) is 5.79. The fourth-order valence-electron chi connectivity index (χ4n) is 2.86. The molecule has 2 amide bonds. The molecule has 3 rings (SSSR count). The second-order valence-corrected chi connectivity index (χ2v) is 7.67. The molecule has 1 aliphatic heterocycles. The van der Waals surface area contributed by atoms with Crippen molar-refractivity contribution < 1.29 is 9.59 Å². The number of anilines is 1. The van der Waals surface area contributed by atoms with Crippen molar-refractivity contribution >= 4 is 40.9 Å². The van der Waals surface area contributed by atoms with Crippen molar-refractivity contribution in [1.82, 2.24) is 0 Å². The van der Waals surface area contributed by atoms with E-state index in [0.29, 0.717) is 17.1 Å². The smallest absolute Gasteiger partial charge is 0.262 e. The second-order valence-electron chi connectivity index (χ2n) is 6.04. The maximum atomic E-state index is 13.1. The number of carbonyl (C=O) groups excluding carboxylic acids is 2. The molecule has 0 aromatic heterocycles. The number of thioether (sulfide) groups is 1. The molecular weight excluding hydrogens is 382 g/mol. The number of nitrogens with two attached hydrogens (primary N) is 1. The number of benzene rings is 2. The predicted octanol–water partition coefficient (Wildman–Crippen LogP) is 3.56. The first-order valence-corrected chi connectivity index (χ1v) is 9.43. The molecule has 2 aromatic carbocycles. The largest absolute Gasteiger partial charge is 0.365 e. The molecule has 0 bridgehead atoms. The van der Waals surface area contributed by atoms with Gasteiger partial charge < -0.3 is 5.73 Å². The molecule has 136 valence electrons. The van der Waals surface area contributed by atoms with Gasteiger partial charge in [-0.15, -0.1) is 0 Å². The van der Waals surface area contributed by atoms with Crippen LogP contribution in [0.25, 0.3) is 0 Å². The number of primary amides is 1. The van der Waals surface area contributed by atoms with E-state index in [1.807, 2.05) is 37.3 Å². The Morgan fingerprint density at radius 1 is 1.26 bits per heavy atom. The van der Waals surface area contributed by atoms with Crippen molar-refractivity contribution in [2.75, 3.05) is 4.90 Å². The third kappa shape index (κ3) is 3.85. The Labute approximate surface area is 166 Å². The summed E-state index contributed by atoms with van der Waals surface area (Å²) < 4.78 is 0. The van der Waals surface area contributed by atoms with E-state index in [0.717, 1.165) is 11.1 Å². The molecule has 1 fully saturated rings. The minimum absolute atomic E-state index is 0.199. The van der Waals surface area contributed by atoms with E-state index >= 15 is 0 Å². The predicted molar refractivity (Wildman–Crippen MR) is 107 cm³/mol. The van der Waals surface area contributed by atoms with Crippen molar-refractivity contribution in [3.05, 3.63) is 75.3 Å². The maximum absolute atomic E-state index is 13.1. The first kappa shape index (κ1) is 19.0. The molecular formula is C20H16ClN3O2S. The Morgan fingerprint density at radius 2 is 1.93 bits per heavy atom. The minimum atomic E-state index is -0.858. The number of halogens is 1. The number of rotatable bonds is 4. The highest BCUT2D eigenvalue weighted by Gasteiger charge is 2.40. The monoisotopic (exact) mass is 397 g/mol.